The van der Waals surface area contributed by atoms with Crippen molar-refractivity contribution in [3.05, 3.63) is 90.4 Å². The summed E-state index contributed by atoms with van der Waals surface area (Å²) in [5.74, 6) is 0. The molecule has 3 heterocycles. The van der Waals surface area contributed by atoms with Gasteiger partial charge >= 0.3 is 0 Å². The molecule has 1 aromatic carbocycles. The molecular formula is C20H22N4. The Hall–Kier alpha value is -3.01. The second-order valence-electron chi connectivity index (χ2n) is 5.51. The Morgan fingerprint density at radius 2 is 1.50 bits per heavy atom. The lowest BCUT2D eigenvalue weighted by molar-refractivity contribution is 1.13. The molecule has 0 atom stereocenters. The van der Waals surface area contributed by atoms with Gasteiger partial charge in [-0.1, -0.05) is 17.7 Å². The van der Waals surface area contributed by atoms with Crippen molar-refractivity contribution in [3.63, 3.8) is 0 Å². The van der Waals surface area contributed by atoms with Gasteiger partial charge in [-0.25, -0.2) is 9.97 Å². The monoisotopic (exact) mass is 318 g/mol. The number of H-pyrrole nitrogens is 1. The third-order valence-electron chi connectivity index (χ3n) is 3.21. The average Bonchev–Trinajstić information content (AvgIpc) is 3.05. The number of aromatic nitrogens is 4. The topological polar surface area (TPSA) is 54.5 Å². The number of hydrogen-bond donors (Lipinski definition) is 1. The highest BCUT2D eigenvalue weighted by atomic mass is 14.8. The Balaban J connectivity index is 0.000000134. The van der Waals surface area contributed by atoms with Gasteiger partial charge in [0.1, 0.15) is 6.33 Å². The van der Waals surface area contributed by atoms with Crippen molar-refractivity contribution in [2.45, 2.75) is 20.8 Å². The number of fused-ring (bicyclic) bond motifs is 1. The van der Waals surface area contributed by atoms with Gasteiger partial charge in [-0.2, -0.15) is 0 Å². The fourth-order valence-corrected chi connectivity index (χ4v) is 1.99. The molecule has 0 radical (unpaired) electrons. The SMILES string of the molecule is Cc1ccc2[nH]ccc2c1.Cc1cccnc1.Cc1cncnc1. The molecule has 0 aliphatic carbocycles. The predicted octanol–water partition coefficient (Wildman–Crippen LogP) is 4.65. The minimum atomic E-state index is 1.10. The number of aromatic amines is 1. The summed E-state index contributed by atoms with van der Waals surface area (Å²) in [6, 6.07) is 12.4. The summed E-state index contributed by atoms with van der Waals surface area (Å²) >= 11 is 0. The van der Waals surface area contributed by atoms with Crippen LogP contribution in [0.3, 0.4) is 0 Å². The summed E-state index contributed by atoms with van der Waals surface area (Å²) in [5, 5.41) is 1.29. The molecule has 1 N–H and O–H groups in total. The Labute approximate surface area is 142 Å². The maximum Gasteiger partial charge on any atom is 0.115 e. The van der Waals surface area contributed by atoms with Gasteiger partial charge in [0.15, 0.2) is 0 Å². The Kier molecular flexibility index (Phi) is 6.65. The zero-order valence-electron chi connectivity index (χ0n) is 14.3. The van der Waals surface area contributed by atoms with Gasteiger partial charge in [0.2, 0.25) is 0 Å². The van der Waals surface area contributed by atoms with Crippen LogP contribution in [-0.4, -0.2) is 19.9 Å². The standard InChI is InChI=1S/C9H9N.C6H7N.C5H6N2/c1-7-2-3-9-8(6-7)4-5-10-9;1-6-3-2-4-7-5-6;1-5-2-6-4-7-3-5/h2-6,10H,1H3;2-5H,1H3;2-4H,1H3. The molecule has 0 saturated heterocycles. The third-order valence-corrected chi connectivity index (χ3v) is 3.21. The van der Waals surface area contributed by atoms with Crippen molar-refractivity contribution >= 4 is 10.9 Å². The van der Waals surface area contributed by atoms with Gasteiger partial charge in [-0.05, 0) is 61.5 Å². The molecule has 0 saturated carbocycles. The highest BCUT2D eigenvalue weighted by Gasteiger charge is 1.91. The molecule has 0 aliphatic heterocycles. The van der Waals surface area contributed by atoms with Crippen LogP contribution < -0.4 is 0 Å². The number of nitrogens with one attached hydrogen (secondary N) is 1. The molecule has 0 spiro atoms. The lowest BCUT2D eigenvalue weighted by Gasteiger charge is -1.90. The molecular weight excluding hydrogens is 296 g/mol. The Morgan fingerprint density at radius 3 is 2.04 bits per heavy atom. The van der Waals surface area contributed by atoms with E-state index in [9.17, 15) is 0 Å². The van der Waals surface area contributed by atoms with Crippen molar-refractivity contribution < 1.29 is 0 Å². The molecule has 0 aliphatic rings. The van der Waals surface area contributed by atoms with Gasteiger partial charge in [0.25, 0.3) is 0 Å². The van der Waals surface area contributed by atoms with Gasteiger partial charge in [-0.15, -0.1) is 0 Å². The van der Waals surface area contributed by atoms with Gasteiger partial charge in [0, 0.05) is 36.5 Å². The number of hydrogen-bond acceptors (Lipinski definition) is 3. The minimum absolute atomic E-state index is 1.10. The molecule has 122 valence electrons. The molecule has 3 aromatic heterocycles. The van der Waals surface area contributed by atoms with E-state index in [1.54, 1.807) is 18.6 Å². The first-order valence-corrected chi connectivity index (χ1v) is 7.77. The van der Waals surface area contributed by atoms with Gasteiger partial charge in [0.05, 0.1) is 0 Å². The van der Waals surface area contributed by atoms with Crippen LogP contribution in [0.5, 0.6) is 0 Å². The van der Waals surface area contributed by atoms with Crippen molar-refractivity contribution in [2.24, 2.45) is 0 Å². The molecule has 0 unspecified atom stereocenters. The number of nitrogens with zero attached hydrogens (tertiary/aromatic N) is 3. The van der Waals surface area contributed by atoms with E-state index in [-0.39, 0.29) is 0 Å². The molecule has 4 aromatic rings. The summed E-state index contributed by atoms with van der Waals surface area (Å²) in [6.45, 7) is 6.08. The summed E-state index contributed by atoms with van der Waals surface area (Å²) in [5.41, 5.74) is 4.84. The van der Waals surface area contributed by atoms with Crippen LogP contribution >= 0.6 is 0 Å². The molecule has 4 heteroatoms. The summed E-state index contributed by atoms with van der Waals surface area (Å²) in [7, 11) is 0. The fourth-order valence-electron chi connectivity index (χ4n) is 1.99. The molecule has 4 nitrogen and oxygen atoms in total. The first-order chi connectivity index (χ1) is 11.6. The van der Waals surface area contributed by atoms with Crippen LogP contribution in [0.4, 0.5) is 0 Å². The number of pyridine rings is 1. The van der Waals surface area contributed by atoms with Crippen LogP contribution in [0.2, 0.25) is 0 Å². The normalized spacial score (nSPS) is 9.46. The minimum Gasteiger partial charge on any atom is -0.361 e. The molecule has 0 amide bonds. The molecule has 4 rings (SSSR count). The zero-order chi connectivity index (χ0) is 17.2. The van der Waals surface area contributed by atoms with E-state index in [2.05, 4.69) is 51.1 Å². The molecule has 0 fully saturated rings. The molecule has 0 bridgehead atoms. The lowest BCUT2D eigenvalue weighted by Crippen LogP contribution is -1.75. The van der Waals surface area contributed by atoms with E-state index in [0.29, 0.717) is 0 Å². The van der Waals surface area contributed by atoms with E-state index in [0.717, 1.165) is 5.56 Å². The second kappa shape index (κ2) is 9.20. The third kappa shape index (κ3) is 6.01. The van der Waals surface area contributed by atoms with Crippen LogP contribution in [0, 0.1) is 20.8 Å². The zero-order valence-corrected chi connectivity index (χ0v) is 14.3. The summed E-state index contributed by atoms with van der Waals surface area (Å²) < 4.78 is 0. The van der Waals surface area contributed by atoms with E-state index in [4.69, 9.17) is 0 Å². The highest BCUT2D eigenvalue weighted by Crippen LogP contribution is 2.12. The van der Waals surface area contributed by atoms with Crippen LogP contribution in [0.15, 0.2) is 73.7 Å². The smallest absolute Gasteiger partial charge is 0.115 e. The maximum atomic E-state index is 3.88. The van der Waals surface area contributed by atoms with Gasteiger partial charge in [-0.3, -0.25) is 4.98 Å². The second-order valence-corrected chi connectivity index (χ2v) is 5.51. The van der Waals surface area contributed by atoms with Crippen LogP contribution in [0.25, 0.3) is 10.9 Å². The van der Waals surface area contributed by atoms with Crippen LogP contribution in [0.1, 0.15) is 16.7 Å². The van der Waals surface area contributed by atoms with Crippen molar-refractivity contribution in [1.82, 2.24) is 19.9 Å². The number of aryl methyl sites for hydroxylation is 3. The number of benzene rings is 1. The predicted molar refractivity (Wildman–Crippen MR) is 98.8 cm³/mol. The van der Waals surface area contributed by atoms with E-state index in [1.807, 2.05) is 38.4 Å². The van der Waals surface area contributed by atoms with Crippen molar-refractivity contribution in [2.75, 3.05) is 0 Å². The van der Waals surface area contributed by atoms with Crippen molar-refractivity contribution in [1.29, 1.82) is 0 Å². The number of rotatable bonds is 0. The first kappa shape index (κ1) is 17.3. The summed E-state index contributed by atoms with van der Waals surface area (Å²) in [4.78, 5) is 14.6. The highest BCUT2D eigenvalue weighted by molar-refractivity contribution is 5.79. The first-order valence-electron chi connectivity index (χ1n) is 7.77. The largest absolute Gasteiger partial charge is 0.361 e. The quantitative estimate of drug-likeness (QED) is 0.513. The van der Waals surface area contributed by atoms with Crippen LogP contribution in [-0.2, 0) is 0 Å². The van der Waals surface area contributed by atoms with E-state index in [1.165, 1.54) is 28.4 Å². The fraction of sp³-hybridized carbons (Fsp3) is 0.150. The van der Waals surface area contributed by atoms with Crippen molar-refractivity contribution in [3.8, 4) is 0 Å². The lowest BCUT2D eigenvalue weighted by atomic mass is 10.2. The average molecular weight is 318 g/mol. The Bertz CT molecular complexity index is 802. The summed E-state index contributed by atoms with van der Waals surface area (Å²) in [6.07, 6.45) is 10.6. The maximum absolute atomic E-state index is 3.88. The molecule has 24 heavy (non-hydrogen) atoms. The van der Waals surface area contributed by atoms with E-state index >= 15 is 0 Å². The van der Waals surface area contributed by atoms with E-state index < -0.39 is 0 Å². The van der Waals surface area contributed by atoms with Gasteiger partial charge < -0.3 is 4.98 Å². The Morgan fingerprint density at radius 1 is 0.750 bits per heavy atom.